The molecule has 0 spiro atoms. The lowest BCUT2D eigenvalue weighted by molar-refractivity contribution is 0.553. The summed E-state index contributed by atoms with van der Waals surface area (Å²) in [6.45, 7) is 3.98. The molecule has 1 unspecified atom stereocenters. The van der Waals surface area contributed by atoms with Crippen LogP contribution < -0.4 is 5.73 Å². The Bertz CT molecular complexity index is 596. The topological polar surface area (TPSA) is 51.8 Å². The van der Waals surface area contributed by atoms with Crippen LogP contribution in [0.15, 0.2) is 24.3 Å². The van der Waals surface area contributed by atoms with Gasteiger partial charge in [-0.3, -0.25) is 0 Å². The second-order valence-electron chi connectivity index (χ2n) is 5.39. The predicted molar refractivity (Wildman–Crippen MR) is 77.1 cm³/mol. The van der Waals surface area contributed by atoms with Crippen LogP contribution in [0.5, 0.6) is 0 Å². The van der Waals surface area contributed by atoms with Crippen molar-refractivity contribution in [1.82, 2.24) is 9.97 Å². The minimum Gasteiger partial charge on any atom is -0.383 e. The summed E-state index contributed by atoms with van der Waals surface area (Å²) in [5.41, 5.74) is 10.9. The lowest BCUT2D eigenvalue weighted by atomic mass is 9.83. The van der Waals surface area contributed by atoms with E-state index in [4.69, 9.17) is 5.73 Å². The summed E-state index contributed by atoms with van der Waals surface area (Å²) in [6.07, 6.45) is 3.24. The van der Waals surface area contributed by atoms with E-state index in [9.17, 15) is 0 Å². The maximum atomic E-state index is 5.97. The molecule has 98 valence electrons. The second-order valence-corrected chi connectivity index (χ2v) is 5.39. The van der Waals surface area contributed by atoms with E-state index < -0.39 is 0 Å². The Hall–Kier alpha value is -1.90. The van der Waals surface area contributed by atoms with Crippen LogP contribution in [0.4, 0.5) is 5.82 Å². The number of aryl methyl sites for hydroxylation is 2. The van der Waals surface area contributed by atoms with Crippen molar-refractivity contribution in [2.24, 2.45) is 0 Å². The van der Waals surface area contributed by atoms with Gasteiger partial charge in [0.25, 0.3) is 0 Å². The van der Waals surface area contributed by atoms with Gasteiger partial charge < -0.3 is 5.73 Å². The highest BCUT2D eigenvalue weighted by Gasteiger charge is 2.22. The van der Waals surface area contributed by atoms with Gasteiger partial charge in [-0.05, 0) is 44.2 Å². The fourth-order valence-corrected chi connectivity index (χ4v) is 2.77. The molecule has 0 fully saturated rings. The SMILES string of the molecule is Cc1nc(C2CCc3ccccc3C2)nc(N)c1C. The van der Waals surface area contributed by atoms with E-state index in [0.717, 1.165) is 36.3 Å². The average Bonchev–Trinajstić information content (AvgIpc) is 2.43. The molecule has 0 saturated carbocycles. The van der Waals surface area contributed by atoms with Crippen molar-refractivity contribution in [1.29, 1.82) is 0 Å². The summed E-state index contributed by atoms with van der Waals surface area (Å²) >= 11 is 0. The zero-order valence-electron chi connectivity index (χ0n) is 11.5. The molecule has 3 nitrogen and oxygen atoms in total. The molecular weight excluding hydrogens is 234 g/mol. The number of fused-ring (bicyclic) bond motifs is 1. The standard InChI is InChI=1S/C16H19N3/c1-10-11(2)18-16(19-15(10)17)14-8-7-12-5-3-4-6-13(12)9-14/h3-6,14H,7-9H2,1-2H3,(H2,17,18,19). The van der Waals surface area contributed by atoms with Crippen molar-refractivity contribution >= 4 is 5.82 Å². The summed E-state index contributed by atoms with van der Waals surface area (Å²) in [5, 5.41) is 0. The molecule has 1 atom stereocenters. The van der Waals surface area contributed by atoms with Crippen LogP contribution in [0.2, 0.25) is 0 Å². The van der Waals surface area contributed by atoms with Crippen molar-refractivity contribution in [3.05, 3.63) is 52.5 Å². The number of nitrogen functional groups attached to an aromatic ring is 1. The third-order valence-electron chi connectivity index (χ3n) is 4.16. The Morgan fingerprint density at radius 1 is 1.11 bits per heavy atom. The molecule has 3 heteroatoms. The van der Waals surface area contributed by atoms with Crippen LogP contribution in [-0.4, -0.2) is 9.97 Å². The highest BCUT2D eigenvalue weighted by Crippen LogP contribution is 2.31. The Labute approximate surface area is 113 Å². The molecule has 2 aromatic rings. The van der Waals surface area contributed by atoms with E-state index in [1.54, 1.807) is 0 Å². The molecule has 1 aliphatic carbocycles. The Morgan fingerprint density at radius 3 is 2.58 bits per heavy atom. The highest BCUT2D eigenvalue weighted by atomic mass is 15.0. The largest absolute Gasteiger partial charge is 0.383 e. The van der Waals surface area contributed by atoms with Crippen LogP contribution >= 0.6 is 0 Å². The van der Waals surface area contributed by atoms with Crippen LogP contribution in [0.3, 0.4) is 0 Å². The smallest absolute Gasteiger partial charge is 0.134 e. The molecule has 19 heavy (non-hydrogen) atoms. The van der Waals surface area contributed by atoms with Gasteiger partial charge in [0.2, 0.25) is 0 Å². The fourth-order valence-electron chi connectivity index (χ4n) is 2.77. The summed E-state index contributed by atoms with van der Waals surface area (Å²) in [6, 6.07) is 8.66. The maximum absolute atomic E-state index is 5.97. The molecule has 0 radical (unpaired) electrons. The van der Waals surface area contributed by atoms with Crippen molar-refractivity contribution in [2.75, 3.05) is 5.73 Å². The van der Waals surface area contributed by atoms with Crippen molar-refractivity contribution < 1.29 is 0 Å². The van der Waals surface area contributed by atoms with Gasteiger partial charge in [0.1, 0.15) is 11.6 Å². The lowest BCUT2D eigenvalue weighted by Crippen LogP contribution is -2.17. The molecule has 1 aliphatic rings. The number of aromatic nitrogens is 2. The summed E-state index contributed by atoms with van der Waals surface area (Å²) in [7, 11) is 0. The fraction of sp³-hybridized carbons (Fsp3) is 0.375. The van der Waals surface area contributed by atoms with Gasteiger partial charge >= 0.3 is 0 Å². The number of benzene rings is 1. The van der Waals surface area contributed by atoms with E-state index in [-0.39, 0.29) is 0 Å². The van der Waals surface area contributed by atoms with E-state index >= 15 is 0 Å². The number of hydrogen-bond donors (Lipinski definition) is 1. The average molecular weight is 253 g/mol. The second kappa shape index (κ2) is 4.65. The van der Waals surface area contributed by atoms with Gasteiger partial charge in [-0.25, -0.2) is 9.97 Å². The number of nitrogens with two attached hydrogens (primary N) is 1. The molecule has 3 rings (SSSR count). The van der Waals surface area contributed by atoms with E-state index in [1.807, 2.05) is 13.8 Å². The van der Waals surface area contributed by atoms with Crippen molar-refractivity contribution in [3.63, 3.8) is 0 Å². The summed E-state index contributed by atoms with van der Waals surface area (Å²) in [5.74, 6) is 1.94. The zero-order chi connectivity index (χ0) is 13.4. The van der Waals surface area contributed by atoms with Crippen LogP contribution in [0, 0.1) is 13.8 Å². The van der Waals surface area contributed by atoms with Gasteiger partial charge in [0, 0.05) is 17.2 Å². The first-order valence-electron chi connectivity index (χ1n) is 6.82. The first kappa shape index (κ1) is 12.2. The summed E-state index contributed by atoms with van der Waals surface area (Å²) < 4.78 is 0. The Morgan fingerprint density at radius 2 is 1.84 bits per heavy atom. The molecular formula is C16H19N3. The number of nitrogens with zero attached hydrogens (tertiary/aromatic N) is 2. The third-order valence-corrected chi connectivity index (χ3v) is 4.16. The molecule has 0 saturated heterocycles. The molecule has 1 aromatic carbocycles. The maximum Gasteiger partial charge on any atom is 0.134 e. The minimum absolute atomic E-state index is 0.400. The number of anilines is 1. The highest BCUT2D eigenvalue weighted by molar-refractivity contribution is 5.41. The third kappa shape index (κ3) is 2.21. The number of rotatable bonds is 1. The number of hydrogen-bond acceptors (Lipinski definition) is 3. The monoisotopic (exact) mass is 253 g/mol. The van der Waals surface area contributed by atoms with E-state index in [0.29, 0.717) is 11.7 Å². The molecule has 0 aliphatic heterocycles. The molecule has 0 bridgehead atoms. The Kier molecular flexibility index (Phi) is 2.97. The molecule has 1 aromatic heterocycles. The van der Waals surface area contributed by atoms with Crippen molar-refractivity contribution in [3.8, 4) is 0 Å². The molecule has 2 N–H and O–H groups in total. The van der Waals surface area contributed by atoms with Gasteiger partial charge in [0.05, 0.1) is 0 Å². The lowest BCUT2D eigenvalue weighted by Gasteiger charge is -2.24. The predicted octanol–water partition coefficient (Wildman–Crippen LogP) is 2.95. The van der Waals surface area contributed by atoms with Crippen LogP contribution in [-0.2, 0) is 12.8 Å². The van der Waals surface area contributed by atoms with Gasteiger partial charge in [-0.15, -0.1) is 0 Å². The minimum atomic E-state index is 0.400. The van der Waals surface area contributed by atoms with Gasteiger partial charge in [-0.2, -0.15) is 0 Å². The quantitative estimate of drug-likeness (QED) is 0.850. The van der Waals surface area contributed by atoms with Crippen LogP contribution in [0.25, 0.3) is 0 Å². The zero-order valence-corrected chi connectivity index (χ0v) is 11.5. The van der Waals surface area contributed by atoms with Gasteiger partial charge in [-0.1, -0.05) is 24.3 Å². The van der Waals surface area contributed by atoms with E-state index in [2.05, 4.69) is 34.2 Å². The first-order valence-corrected chi connectivity index (χ1v) is 6.82. The van der Waals surface area contributed by atoms with Gasteiger partial charge in [0.15, 0.2) is 0 Å². The Balaban J connectivity index is 1.93. The molecule has 0 amide bonds. The summed E-state index contributed by atoms with van der Waals surface area (Å²) in [4.78, 5) is 9.14. The normalized spacial score (nSPS) is 18.1. The molecule has 1 heterocycles. The van der Waals surface area contributed by atoms with Crippen molar-refractivity contribution in [2.45, 2.75) is 39.0 Å². The van der Waals surface area contributed by atoms with E-state index in [1.165, 1.54) is 11.1 Å². The first-order chi connectivity index (χ1) is 9.15. The van der Waals surface area contributed by atoms with Crippen LogP contribution in [0.1, 0.15) is 40.5 Å².